The minimum Gasteiger partial charge on any atom is -0.444 e. The molecule has 1 aromatic rings. The largest absolute Gasteiger partial charge is 0.444 e. The van der Waals surface area contributed by atoms with Crippen LogP contribution in [0.25, 0.3) is 0 Å². The van der Waals surface area contributed by atoms with Gasteiger partial charge in [0, 0.05) is 0 Å². The fourth-order valence-electron chi connectivity index (χ4n) is 1.89. The first-order valence-electron chi connectivity index (χ1n) is 6.47. The van der Waals surface area contributed by atoms with E-state index in [0.717, 1.165) is 6.42 Å². The van der Waals surface area contributed by atoms with Gasteiger partial charge in [0.1, 0.15) is 11.7 Å². The molecule has 0 radical (unpaired) electrons. The minimum atomic E-state index is -0.505. The van der Waals surface area contributed by atoms with Crippen molar-refractivity contribution in [2.75, 3.05) is 6.61 Å². The number of thiol groups is 1. The van der Waals surface area contributed by atoms with E-state index < -0.39 is 11.7 Å². The Bertz CT molecular complexity index is 464. The lowest BCUT2D eigenvalue weighted by atomic mass is 10.1. The summed E-state index contributed by atoms with van der Waals surface area (Å²) in [4.78, 5) is 11.6. The van der Waals surface area contributed by atoms with E-state index in [0.29, 0.717) is 18.9 Å². The highest BCUT2D eigenvalue weighted by Gasteiger charge is 2.28. The fraction of sp³-hybridized carbons (Fsp3) is 0.750. The second kappa shape index (κ2) is 6.01. The molecular weight excluding hydrogens is 282 g/mol. The Hall–Kier alpha value is -1.28. The number of carbonyl (C=O) groups excluding carboxylic acids is 1. The lowest BCUT2D eigenvalue weighted by molar-refractivity contribution is -0.0232. The molecule has 112 valence electrons. The molecule has 1 aromatic heterocycles. The van der Waals surface area contributed by atoms with Crippen molar-refractivity contribution in [3.63, 3.8) is 0 Å². The monoisotopic (exact) mass is 301 g/mol. The highest BCUT2D eigenvalue weighted by Crippen LogP contribution is 2.27. The SMILES string of the molecule is CC(C)(C)OC(=O)N[C@@H]1CC[C@@H](c2nnc(S)o2)OC1. The summed E-state index contributed by atoms with van der Waals surface area (Å²) < 4.78 is 16.0. The summed E-state index contributed by atoms with van der Waals surface area (Å²) in [6.45, 7) is 5.86. The van der Waals surface area contributed by atoms with Crippen molar-refractivity contribution in [2.45, 2.75) is 56.6 Å². The summed E-state index contributed by atoms with van der Waals surface area (Å²) in [6, 6.07) is -0.0699. The fourth-order valence-corrected chi connectivity index (χ4v) is 2.03. The van der Waals surface area contributed by atoms with Crippen LogP contribution in [-0.2, 0) is 9.47 Å². The van der Waals surface area contributed by atoms with Gasteiger partial charge in [-0.3, -0.25) is 0 Å². The minimum absolute atomic E-state index is 0.0699. The second-order valence-corrected chi connectivity index (χ2v) is 6.05. The maximum absolute atomic E-state index is 11.6. The molecule has 1 saturated heterocycles. The van der Waals surface area contributed by atoms with Crippen LogP contribution in [0.15, 0.2) is 9.64 Å². The van der Waals surface area contributed by atoms with Gasteiger partial charge >= 0.3 is 6.09 Å². The molecule has 2 atom stereocenters. The summed E-state index contributed by atoms with van der Waals surface area (Å²) >= 11 is 3.96. The molecule has 0 aromatic carbocycles. The molecule has 20 heavy (non-hydrogen) atoms. The first kappa shape index (κ1) is 15.1. The van der Waals surface area contributed by atoms with Crippen LogP contribution in [0.1, 0.15) is 45.6 Å². The van der Waals surface area contributed by atoms with Gasteiger partial charge in [-0.05, 0) is 33.6 Å². The van der Waals surface area contributed by atoms with Gasteiger partial charge in [-0.1, -0.05) is 12.6 Å². The van der Waals surface area contributed by atoms with Gasteiger partial charge in [0.2, 0.25) is 5.89 Å². The first-order chi connectivity index (χ1) is 9.33. The number of ether oxygens (including phenoxy) is 2. The summed E-state index contributed by atoms with van der Waals surface area (Å²) in [6.07, 6.45) is 0.782. The van der Waals surface area contributed by atoms with E-state index in [1.54, 1.807) is 0 Å². The highest BCUT2D eigenvalue weighted by molar-refractivity contribution is 7.80. The third-order valence-corrected chi connectivity index (χ3v) is 2.88. The standard InChI is InChI=1S/C12H19N3O4S/c1-12(2,3)19-10(16)13-7-4-5-8(17-6-7)9-14-15-11(20)18-9/h7-8H,4-6H2,1-3H3,(H,13,16)(H,15,20)/t7-,8+/m1/s1. The molecule has 7 nitrogen and oxygen atoms in total. The van der Waals surface area contributed by atoms with Crippen LogP contribution in [0.3, 0.4) is 0 Å². The average Bonchev–Trinajstić information content (AvgIpc) is 2.74. The summed E-state index contributed by atoms with van der Waals surface area (Å²) in [5.41, 5.74) is -0.505. The number of hydrogen-bond donors (Lipinski definition) is 2. The molecule has 1 fully saturated rings. The van der Waals surface area contributed by atoms with Crippen molar-refractivity contribution in [1.82, 2.24) is 15.5 Å². The van der Waals surface area contributed by atoms with Gasteiger partial charge in [0.15, 0.2) is 0 Å². The van der Waals surface area contributed by atoms with E-state index in [2.05, 4.69) is 28.1 Å². The van der Waals surface area contributed by atoms with Gasteiger partial charge < -0.3 is 19.2 Å². The van der Waals surface area contributed by atoms with Crippen LogP contribution in [-0.4, -0.2) is 34.5 Å². The quantitative estimate of drug-likeness (QED) is 0.814. The summed E-state index contributed by atoms with van der Waals surface area (Å²) in [5.74, 6) is 0.422. The maximum Gasteiger partial charge on any atom is 0.407 e. The Labute approximate surface area is 122 Å². The lowest BCUT2D eigenvalue weighted by Crippen LogP contribution is -2.43. The first-order valence-corrected chi connectivity index (χ1v) is 6.92. The van der Waals surface area contributed by atoms with Crippen molar-refractivity contribution < 1.29 is 18.7 Å². The molecule has 0 aliphatic carbocycles. The number of hydrogen-bond acceptors (Lipinski definition) is 7. The van der Waals surface area contributed by atoms with E-state index >= 15 is 0 Å². The van der Waals surface area contributed by atoms with Gasteiger partial charge in [0.05, 0.1) is 12.6 Å². The maximum atomic E-state index is 11.6. The van der Waals surface area contributed by atoms with Crippen molar-refractivity contribution in [3.05, 3.63) is 5.89 Å². The zero-order valence-electron chi connectivity index (χ0n) is 11.8. The van der Waals surface area contributed by atoms with Gasteiger partial charge in [-0.15, -0.1) is 10.2 Å². The molecule has 2 rings (SSSR count). The van der Waals surface area contributed by atoms with Crippen molar-refractivity contribution in [2.24, 2.45) is 0 Å². The van der Waals surface area contributed by atoms with Gasteiger partial charge in [-0.2, -0.15) is 0 Å². The Morgan fingerprint density at radius 3 is 2.65 bits per heavy atom. The van der Waals surface area contributed by atoms with Crippen LogP contribution in [0, 0.1) is 0 Å². The third kappa shape index (κ3) is 4.38. The van der Waals surface area contributed by atoms with Gasteiger partial charge in [-0.25, -0.2) is 4.79 Å². The van der Waals surface area contributed by atoms with E-state index in [9.17, 15) is 4.79 Å². The Morgan fingerprint density at radius 2 is 2.15 bits per heavy atom. The number of alkyl carbamates (subject to hydrolysis) is 1. The van der Waals surface area contributed by atoms with Crippen LogP contribution in [0.5, 0.6) is 0 Å². The second-order valence-electron chi connectivity index (χ2n) is 5.67. The third-order valence-electron chi connectivity index (χ3n) is 2.70. The summed E-state index contributed by atoms with van der Waals surface area (Å²) in [7, 11) is 0. The lowest BCUT2D eigenvalue weighted by Gasteiger charge is -2.28. The zero-order valence-corrected chi connectivity index (χ0v) is 12.6. The molecule has 8 heteroatoms. The number of nitrogens with one attached hydrogen (secondary N) is 1. The molecule has 0 bridgehead atoms. The van der Waals surface area contributed by atoms with Crippen LogP contribution >= 0.6 is 12.6 Å². The number of nitrogens with zero attached hydrogens (tertiary/aromatic N) is 2. The molecule has 2 heterocycles. The predicted octanol–water partition coefficient (Wildman–Crippen LogP) is 2.10. The summed E-state index contributed by atoms with van der Waals surface area (Å²) in [5, 5.41) is 10.5. The average molecular weight is 301 g/mol. The molecule has 1 aliphatic heterocycles. The topological polar surface area (TPSA) is 86.5 Å². The molecule has 0 unspecified atom stereocenters. The zero-order chi connectivity index (χ0) is 14.8. The van der Waals surface area contributed by atoms with E-state index in [4.69, 9.17) is 13.9 Å². The van der Waals surface area contributed by atoms with Crippen LogP contribution in [0.2, 0.25) is 0 Å². The van der Waals surface area contributed by atoms with Crippen LogP contribution in [0.4, 0.5) is 4.79 Å². The van der Waals surface area contributed by atoms with Crippen LogP contribution < -0.4 is 5.32 Å². The molecule has 1 N–H and O–H groups in total. The molecule has 1 amide bonds. The number of rotatable bonds is 2. The molecule has 0 spiro atoms. The number of amides is 1. The molecule has 1 aliphatic rings. The van der Waals surface area contributed by atoms with Crippen molar-refractivity contribution >= 4 is 18.7 Å². The normalized spacial score (nSPS) is 23.4. The predicted molar refractivity (Wildman–Crippen MR) is 72.6 cm³/mol. The van der Waals surface area contributed by atoms with E-state index in [1.807, 2.05) is 20.8 Å². The molecular formula is C12H19N3O4S. The van der Waals surface area contributed by atoms with E-state index in [1.165, 1.54) is 0 Å². The van der Waals surface area contributed by atoms with Crippen molar-refractivity contribution in [3.8, 4) is 0 Å². The Morgan fingerprint density at radius 1 is 1.40 bits per heavy atom. The molecule has 0 saturated carbocycles. The Kier molecular flexibility index (Phi) is 4.54. The number of carbonyl (C=O) groups is 1. The van der Waals surface area contributed by atoms with Crippen molar-refractivity contribution in [1.29, 1.82) is 0 Å². The Balaban J connectivity index is 1.78. The number of aromatic nitrogens is 2. The smallest absolute Gasteiger partial charge is 0.407 e. The highest BCUT2D eigenvalue weighted by atomic mass is 32.1. The van der Waals surface area contributed by atoms with E-state index in [-0.39, 0.29) is 17.4 Å². The van der Waals surface area contributed by atoms with Gasteiger partial charge in [0.25, 0.3) is 5.22 Å².